The summed E-state index contributed by atoms with van der Waals surface area (Å²) >= 11 is 0. The molecular formula is C23H27FN6O2. The second-order valence-corrected chi connectivity index (χ2v) is 8.59. The quantitative estimate of drug-likeness (QED) is 0.626. The molecule has 3 aromatic heterocycles. The highest BCUT2D eigenvalue weighted by atomic mass is 19.1. The third-order valence-electron chi connectivity index (χ3n) is 6.48. The van der Waals surface area contributed by atoms with Crippen LogP contribution in [0.1, 0.15) is 42.1 Å². The molecule has 3 aromatic rings. The molecule has 5 heterocycles. The first-order valence-electron chi connectivity index (χ1n) is 11.3. The topological polar surface area (TPSA) is 75.7 Å². The van der Waals surface area contributed by atoms with E-state index >= 15 is 0 Å². The minimum absolute atomic E-state index is 0.0626. The number of piperidine rings is 1. The number of amides is 1. The van der Waals surface area contributed by atoms with Crippen molar-refractivity contribution in [3.05, 3.63) is 52.2 Å². The van der Waals surface area contributed by atoms with Crippen LogP contribution in [0.2, 0.25) is 0 Å². The summed E-state index contributed by atoms with van der Waals surface area (Å²) < 4.78 is 16.1. The van der Waals surface area contributed by atoms with Gasteiger partial charge in [-0.3, -0.25) is 13.6 Å². The molecule has 0 aliphatic carbocycles. The summed E-state index contributed by atoms with van der Waals surface area (Å²) in [4.78, 5) is 33.8. The Balaban J connectivity index is 1.44. The maximum atomic E-state index is 13.1. The Morgan fingerprint density at radius 1 is 1.25 bits per heavy atom. The van der Waals surface area contributed by atoms with E-state index in [1.54, 1.807) is 17.3 Å². The van der Waals surface area contributed by atoms with Gasteiger partial charge in [-0.15, -0.1) is 5.10 Å². The molecule has 9 heteroatoms. The van der Waals surface area contributed by atoms with Crippen LogP contribution >= 0.6 is 0 Å². The van der Waals surface area contributed by atoms with Crippen molar-refractivity contribution < 1.29 is 9.18 Å². The van der Waals surface area contributed by atoms with Gasteiger partial charge in [0.2, 0.25) is 0 Å². The third-order valence-corrected chi connectivity index (χ3v) is 6.48. The molecule has 8 nitrogen and oxygen atoms in total. The fourth-order valence-electron chi connectivity index (χ4n) is 4.77. The average Bonchev–Trinajstić information content (AvgIpc) is 3.17. The van der Waals surface area contributed by atoms with Crippen molar-refractivity contribution in [1.82, 2.24) is 24.1 Å². The van der Waals surface area contributed by atoms with Gasteiger partial charge in [0.15, 0.2) is 5.65 Å². The maximum Gasteiger partial charge on any atom is 0.350 e. The first kappa shape index (κ1) is 20.7. The zero-order valence-electron chi connectivity index (χ0n) is 18.2. The van der Waals surface area contributed by atoms with Crippen molar-refractivity contribution in [3.63, 3.8) is 0 Å². The van der Waals surface area contributed by atoms with Crippen LogP contribution in [-0.2, 0) is 13.0 Å². The summed E-state index contributed by atoms with van der Waals surface area (Å²) in [5, 5.41) is 4.39. The fraction of sp³-hybridized carbons (Fsp3) is 0.478. The molecule has 0 saturated carbocycles. The minimum atomic E-state index is -0.381. The molecule has 32 heavy (non-hydrogen) atoms. The number of hydrogen-bond acceptors (Lipinski definition) is 5. The highest BCUT2D eigenvalue weighted by molar-refractivity contribution is 5.94. The molecule has 0 unspecified atom stereocenters. The van der Waals surface area contributed by atoms with Gasteiger partial charge in [-0.25, -0.2) is 14.5 Å². The Morgan fingerprint density at radius 2 is 2.12 bits per heavy atom. The normalized spacial score (nSPS) is 18.8. The van der Waals surface area contributed by atoms with E-state index in [4.69, 9.17) is 0 Å². The minimum Gasteiger partial charge on any atom is -0.338 e. The molecule has 0 radical (unpaired) electrons. The summed E-state index contributed by atoms with van der Waals surface area (Å²) in [7, 11) is 0. The van der Waals surface area contributed by atoms with Crippen LogP contribution in [0.25, 0.3) is 5.65 Å². The number of hydrogen-bond donors (Lipinski definition) is 0. The number of aromatic nitrogens is 4. The molecular weight excluding hydrogens is 411 g/mol. The average molecular weight is 439 g/mol. The SMILES string of the molecule is CCn1nc2cc(N3CCCc4cc(C(=O)N5CCC[C@@H](CF)C5)cnc43)ccn2c1=O. The van der Waals surface area contributed by atoms with Gasteiger partial charge in [-0.2, -0.15) is 0 Å². The summed E-state index contributed by atoms with van der Waals surface area (Å²) in [6, 6.07) is 5.73. The number of rotatable bonds is 4. The largest absolute Gasteiger partial charge is 0.350 e. The van der Waals surface area contributed by atoms with Crippen LogP contribution in [0, 0.1) is 5.92 Å². The van der Waals surface area contributed by atoms with Gasteiger partial charge in [0, 0.05) is 56.2 Å². The van der Waals surface area contributed by atoms with Crippen LogP contribution < -0.4 is 10.6 Å². The van der Waals surface area contributed by atoms with Crippen molar-refractivity contribution in [2.45, 2.75) is 39.2 Å². The summed E-state index contributed by atoms with van der Waals surface area (Å²) in [5.41, 5.74) is 2.95. The van der Waals surface area contributed by atoms with Crippen LogP contribution in [-0.4, -0.2) is 56.3 Å². The Bertz CT molecular complexity index is 1220. The van der Waals surface area contributed by atoms with E-state index in [2.05, 4.69) is 15.0 Å². The summed E-state index contributed by atoms with van der Waals surface area (Å²) in [6.07, 6.45) is 6.83. The highest BCUT2D eigenvalue weighted by Crippen LogP contribution is 2.33. The van der Waals surface area contributed by atoms with Crippen LogP contribution in [0.5, 0.6) is 0 Å². The van der Waals surface area contributed by atoms with Crippen molar-refractivity contribution in [2.24, 2.45) is 5.92 Å². The molecule has 0 aromatic carbocycles. The number of halogens is 1. The van der Waals surface area contributed by atoms with Gasteiger partial charge in [0.05, 0.1) is 12.2 Å². The molecule has 5 rings (SSSR count). The smallest absolute Gasteiger partial charge is 0.338 e. The lowest BCUT2D eigenvalue weighted by atomic mass is 9.98. The van der Waals surface area contributed by atoms with E-state index in [-0.39, 0.29) is 24.2 Å². The lowest BCUT2D eigenvalue weighted by Gasteiger charge is -2.33. The van der Waals surface area contributed by atoms with E-state index < -0.39 is 0 Å². The fourth-order valence-corrected chi connectivity index (χ4v) is 4.77. The van der Waals surface area contributed by atoms with Gasteiger partial charge in [-0.1, -0.05) is 0 Å². The number of pyridine rings is 2. The van der Waals surface area contributed by atoms with Gasteiger partial charge in [0.25, 0.3) is 5.91 Å². The van der Waals surface area contributed by atoms with E-state index in [0.29, 0.717) is 30.8 Å². The molecule has 1 fully saturated rings. The van der Waals surface area contributed by atoms with Crippen molar-refractivity contribution >= 4 is 23.1 Å². The lowest BCUT2D eigenvalue weighted by molar-refractivity contribution is 0.0656. The second-order valence-electron chi connectivity index (χ2n) is 8.59. The molecule has 168 valence electrons. The molecule has 0 bridgehead atoms. The molecule has 1 amide bonds. The lowest BCUT2D eigenvalue weighted by Crippen LogP contribution is -2.40. The number of aryl methyl sites for hydroxylation is 2. The standard InChI is InChI=1S/C23H27FN6O2/c1-2-30-23(32)29-10-7-19(12-20(29)26-30)28-9-4-6-17-11-18(14-25-21(17)28)22(31)27-8-3-5-16(13-24)15-27/h7,10-12,14,16H,2-6,8-9,13,15H2,1H3/t16-/m0/s1. The van der Waals surface area contributed by atoms with Crippen molar-refractivity contribution in [2.75, 3.05) is 31.2 Å². The van der Waals surface area contributed by atoms with E-state index in [9.17, 15) is 14.0 Å². The Labute approximate surface area is 185 Å². The van der Waals surface area contributed by atoms with Crippen molar-refractivity contribution in [3.8, 4) is 0 Å². The van der Waals surface area contributed by atoms with E-state index in [0.717, 1.165) is 49.3 Å². The Morgan fingerprint density at radius 3 is 2.94 bits per heavy atom. The van der Waals surface area contributed by atoms with E-state index in [1.165, 1.54) is 9.08 Å². The molecule has 0 spiro atoms. The Hall–Kier alpha value is -3.23. The molecule has 2 aliphatic rings. The summed E-state index contributed by atoms with van der Waals surface area (Å²) in [6.45, 7) is 3.97. The van der Waals surface area contributed by atoms with Gasteiger partial charge in [0.1, 0.15) is 5.82 Å². The number of anilines is 2. The monoisotopic (exact) mass is 438 g/mol. The van der Waals surface area contributed by atoms with Gasteiger partial charge >= 0.3 is 5.69 Å². The van der Waals surface area contributed by atoms with E-state index in [1.807, 2.05) is 25.1 Å². The second kappa shape index (κ2) is 8.37. The molecule has 1 atom stereocenters. The predicted octanol–water partition coefficient (Wildman–Crippen LogP) is 2.82. The first-order valence-corrected chi connectivity index (χ1v) is 11.3. The number of nitrogens with zero attached hydrogens (tertiary/aromatic N) is 6. The van der Waals surface area contributed by atoms with Crippen LogP contribution in [0.15, 0.2) is 35.4 Å². The molecule has 1 saturated heterocycles. The molecule has 0 N–H and O–H groups in total. The van der Waals surface area contributed by atoms with Crippen molar-refractivity contribution in [1.29, 1.82) is 0 Å². The predicted molar refractivity (Wildman–Crippen MR) is 119 cm³/mol. The zero-order chi connectivity index (χ0) is 22.2. The Kier molecular flexibility index (Phi) is 5.40. The van der Waals surface area contributed by atoms with Gasteiger partial charge in [-0.05, 0) is 50.3 Å². The summed E-state index contributed by atoms with van der Waals surface area (Å²) in [5.74, 6) is 0.698. The number of likely N-dealkylation sites (tertiary alicyclic amines) is 1. The number of carbonyl (C=O) groups is 1. The maximum absolute atomic E-state index is 13.1. The number of carbonyl (C=O) groups excluding carboxylic acids is 1. The molecule has 2 aliphatic heterocycles. The van der Waals surface area contributed by atoms with Crippen LogP contribution in [0.4, 0.5) is 15.9 Å². The first-order chi connectivity index (χ1) is 15.6. The number of alkyl halides is 1. The third kappa shape index (κ3) is 3.55. The van der Waals surface area contributed by atoms with Gasteiger partial charge < -0.3 is 9.80 Å². The number of fused-ring (bicyclic) bond motifs is 2. The van der Waals surface area contributed by atoms with Crippen LogP contribution in [0.3, 0.4) is 0 Å². The zero-order valence-corrected chi connectivity index (χ0v) is 18.2. The highest BCUT2D eigenvalue weighted by Gasteiger charge is 2.27.